The number of ether oxygens (including phenoxy) is 4. The Balaban J connectivity index is 2.18. The maximum atomic E-state index is 12.3. The average molecular weight is 361 g/mol. The van der Waals surface area contributed by atoms with Crippen LogP contribution in [-0.2, 0) is 11.3 Å². The van der Waals surface area contributed by atoms with Crippen molar-refractivity contribution in [1.29, 1.82) is 0 Å². The molecule has 0 amide bonds. The second-order valence-electron chi connectivity index (χ2n) is 5.13. The molecular weight excluding hydrogens is 342 g/mol. The first-order chi connectivity index (χ1) is 12.5. The molecule has 0 radical (unpaired) electrons. The van der Waals surface area contributed by atoms with Crippen LogP contribution in [0, 0.1) is 10.1 Å². The minimum atomic E-state index is -0.693. The zero-order chi connectivity index (χ0) is 19.1. The van der Waals surface area contributed by atoms with E-state index in [1.807, 2.05) is 0 Å². The van der Waals surface area contributed by atoms with Crippen LogP contribution in [0.3, 0.4) is 0 Å². The molecule has 2 rings (SSSR count). The van der Waals surface area contributed by atoms with E-state index in [2.05, 4.69) is 0 Å². The van der Waals surface area contributed by atoms with Crippen LogP contribution < -0.4 is 14.2 Å². The van der Waals surface area contributed by atoms with Gasteiger partial charge >= 0.3 is 11.7 Å². The summed E-state index contributed by atoms with van der Waals surface area (Å²) in [7, 11) is 3.03. The molecule has 0 aliphatic carbocycles. The van der Waals surface area contributed by atoms with Crippen molar-refractivity contribution in [2.75, 3.05) is 20.8 Å². The van der Waals surface area contributed by atoms with Gasteiger partial charge in [0.05, 0.1) is 31.3 Å². The molecule has 0 spiro atoms. The summed E-state index contributed by atoms with van der Waals surface area (Å²) >= 11 is 0. The second-order valence-corrected chi connectivity index (χ2v) is 5.13. The largest absolute Gasteiger partial charge is 0.497 e. The third kappa shape index (κ3) is 4.41. The van der Waals surface area contributed by atoms with Crippen LogP contribution in [0.1, 0.15) is 22.8 Å². The maximum absolute atomic E-state index is 12.3. The first-order valence-electron chi connectivity index (χ1n) is 7.79. The van der Waals surface area contributed by atoms with Crippen LogP contribution in [-0.4, -0.2) is 31.7 Å². The highest BCUT2D eigenvalue weighted by Crippen LogP contribution is 2.29. The molecule has 0 saturated carbocycles. The summed E-state index contributed by atoms with van der Waals surface area (Å²) in [5, 5.41) is 11.1. The third-order valence-electron chi connectivity index (χ3n) is 3.54. The van der Waals surface area contributed by atoms with E-state index >= 15 is 0 Å². The van der Waals surface area contributed by atoms with Crippen molar-refractivity contribution in [3.8, 4) is 17.2 Å². The molecule has 0 atom stereocenters. The smallest absolute Gasteiger partial charge is 0.338 e. The van der Waals surface area contributed by atoms with Crippen molar-refractivity contribution < 1.29 is 28.7 Å². The minimum Gasteiger partial charge on any atom is -0.497 e. The number of carbonyl (C=O) groups excluding carboxylic acids is 1. The van der Waals surface area contributed by atoms with Gasteiger partial charge in [0.25, 0.3) is 0 Å². The van der Waals surface area contributed by atoms with Crippen LogP contribution in [0.5, 0.6) is 17.2 Å². The van der Waals surface area contributed by atoms with Crippen molar-refractivity contribution in [3.05, 3.63) is 57.6 Å². The Bertz CT molecular complexity index is 804. The fraction of sp³-hybridized carbons (Fsp3) is 0.278. The van der Waals surface area contributed by atoms with E-state index in [0.29, 0.717) is 17.1 Å². The Hall–Kier alpha value is -3.29. The molecule has 0 aliphatic heterocycles. The number of nitrogens with zero attached hydrogens (tertiary/aromatic N) is 1. The number of rotatable bonds is 8. The average Bonchev–Trinajstić information content (AvgIpc) is 2.66. The number of nitro groups is 1. The molecule has 26 heavy (non-hydrogen) atoms. The van der Waals surface area contributed by atoms with Crippen LogP contribution in [0.2, 0.25) is 0 Å². The first kappa shape index (κ1) is 19.0. The highest BCUT2D eigenvalue weighted by molar-refractivity contribution is 5.90. The number of hydrogen-bond acceptors (Lipinski definition) is 7. The van der Waals surface area contributed by atoms with Crippen LogP contribution in [0.15, 0.2) is 36.4 Å². The molecule has 0 saturated heterocycles. The molecule has 8 nitrogen and oxygen atoms in total. The molecule has 0 N–H and O–H groups in total. The molecular formula is C18H19NO7. The van der Waals surface area contributed by atoms with E-state index in [9.17, 15) is 14.9 Å². The fourth-order valence-electron chi connectivity index (χ4n) is 2.29. The lowest BCUT2D eigenvalue weighted by molar-refractivity contribution is -0.385. The highest BCUT2D eigenvalue weighted by Gasteiger charge is 2.19. The highest BCUT2D eigenvalue weighted by atomic mass is 16.6. The number of nitro benzene ring substituents is 1. The molecule has 0 heterocycles. The van der Waals surface area contributed by atoms with E-state index in [1.54, 1.807) is 25.1 Å². The summed E-state index contributed by atoms with van der Waals surface area (Å²) in [6.45, 7) is 1.92. The van der Waals surface area contributed by atoms with Crippen LogP contribution in [0.4, 0.5) is 5.69 Å². The van der Waals surface area contributed by atoms with Crippen molar-refractivity contribution >= 4 is 11.7 Å². The Morgan fingerprint density at radius 2 is 1.81 bits per heavy atom. The van der Waals surface area contributed by atoms with Gasteiger partial charge in [0.2, 0.25) is 0 Å². The summed E-state index contributed by atoms with van der Waals surface area (Å²) in [5.74, 6) is 0.536. The molecule has 8 heteroatoms. The predicted molar refractivity (Wildman–Crippen MR) is 92.9 cm³/mol. The zero-order valence-electron chi connectivity index (χ0n) is 14.7. The van der Waals surface area contributed by atoms with Crippen molar-refractivity contribution in [3.63, 3.8) is 0 Å². The number of methoxy groups -OCH3 is 2. The van der Waals surface area contributed by atoms with Gasteiger partial charge in [-0.2, -0.15) is 0 Å². The van der Waals surface area contributed by atoms with Gasteiger partial charge in [0.15, 0.2) is 5.75 Å². The lowest BCUT2D eigenvalue weighted by Crippen LogP contribution is -2.07. The summed E-state index contributed by atoms with van der Waals surface area (Å²) in [4.78, 5) is 22.8. The van der Waals surface area contributed by atoms with Gasteiger partial charge in [-0.05, 0) is 37.3 Å². The maximum Gasteiger partial charge on any atom is 0.338 e. The lowest BCUT2D eigenvalue weighted by atomic mass is 10.2. The van der Waals surface area contributed by atoms with Gasteiger partial charge in [-0.1, -0.05) is 0 Å². The topological polar surface area (TPSA) is 97.1 Å². The minimum absolute atomic E-state index is 0.0574. The SMILES string of the molecule is CCOc1ccc(C(=O)OCc2cc(OC)ccc2OC)cc1[N+](=O)[O-]. The summed E-state index contributed by atoms with van der Waals surface area (Å²) in [6, 6.07) is 9.04. The van der Waals surface area contributed by atoms with Gasteiger partial charge in [0, 0.05) is 11.6 Å². The van der Waals surface area contributed by atoms with E-state index in [-0.39, 0.29) is 30.2 Å². The molecule has 2 aromatic carbocycles. The summed E-state index contributed by atoms with van der Waals surface area (Å²) in [5.41, 5.74) is 0.378. The monoisotopic (exact) mass is 361 g/mol. The van der Waals surface area contributed by atoms with E-state index in [4.69, 9.17) is 18.9 Å². The predicted octanol–water partition coefficient (Wildman–Crippen LogP) is 3.37. The Morgan fingerprint density at radius 1 is 1.08 bits per heavy atom. The van der Waals surface area contributed by atoms with Gasteiger partial charge in [-0.15, -0.1) is 0 Å². The fourth-order valence-corrected chi connectivity index (χ4v) is 2.29. The van der Waals surface area contributed by atoms with Crippen molar-refractivity contribution in [2.24, 2.45) is 0 Å². The number of hydrogen-bond donors (Lipinski definition) is 0. The quantitative estimate of drug-likeness (QED) is 0.404. The first-order valence-corrected chi connectivity index (χ1v) is 7.79. The molecule has 0 unspecified atom stereocenters. The van der Waals surface area contributed by atoms with E-state index < -0.39 is 10.9 Å². The molecule has 0 fully saturated rings. The molecule has 0 aromatic heterocycles. The normalized spacial score (nSPS) is 10.1. The van der Waals surface area contributed by atoms with E-state index in [1.165, 1.54) is 26.4 Å². The van der Waals surface area contributed by atoms with Gasteiger partial charge in [-0.3, -0.25) is 10.1 Å². The van der Waals surface area contributed by atoms with Gasteiger partial charge < -0.3 is 18.9 Å². The second kappa shape index (κ2) is 8.70. The Morgan fingerprint density at radius 3 is 2.42 bits per heavy atom. The van der Waals surface area contributed by atoms with E-state index in [0.717, 1.165) is 6.07 Å². The summed E-state index contributed by atoms with van der Waals surface area (Å²) in [6.07, 6.45) is 0. The zero-order valence-corrected chi connectivity index (χ0v) is 14.7. The van der Waals surface area contributed by atoms with Crippen LogP contribution >= 0.6 is 0 Å². The molecule has 0 aliphatic rings. The standard InChI is InChI=1S/C18H19NO7/c1-4-25-17-7-5-12(10-15(17)19(21)22)18(20)26-11-13-9-14(23-2)6-8-16(13)24-3/h5-10H,4,11H2,1-3H3. The van der Waals surface area contributed by atoms with Gasteiger partial charge in [0.1, 0.15) is 18.1 Å². The number of benzene rings is 2. The Labute approximate surface area is 150 Å². The number of esters is 1. The van der Waals surface area contributed by atoms with Crippen molar-refractivity contribution in [1.82, 2.24) is 0 Å². The third-order valence-corrected chi connectivity index (χ3v) is 3.54. The number of carbonyl (C=O) groups is 1. The van der Waals surface area contributed by atoms with Gasteiger partial charge in [-0.25, -0.2) is 4.79 Å². The lowest BCUT2D eigenvalue weighted by Gasteiger charge is -2.11. The van der Waals surface area contributed by atoms with Crippen molar-refractivity contribution in [2.45, 2.75) is 13.5 Å². The molecule has 2 aromatic rings. The van der Waals surface area contributed by atoms with Crippen LogP contribution in [0.25, 0.3) is 0 Å². The summed E-state index contributed by atoms with van der Waals surface area (Å²) < 4.78 is 20.8. The Kier molecular flexibility index (Phi) is 6.37. The molecule has 138 valence electrons. The molecule has 0 bridgehead atoms.